The molecule has 0 aliphatic carbocycles. The second kappa shape index (κ2) is 31.3. The summed E-state index contributed by atoms with van der Waals surface area (Å²) in [5.41, 5.74) is 0. The molecule has 1 fully saturated rings. The third-order valence-corrected chi connectivity index (χ3v) is 9.14. The average Bonchev–Trinajstić information content (AvgIpc) is 3.46. The zero-order valence-electron chi connectivity index (χ0n) is 31.1. The van der Waals surface area contributed by atoms with Crippen LogP contribution < -0.4 is 0 Å². The van der Waals surface area contributed by atoms with E-state index in [4.69, 9.17) is 13.7 Å². The van der Waals surface area contributed by atoms with Gasteiger partial charge in [-0.05, 0) is 89.9 Å². The first-order valence-corrected chi connectivity index (χ1v) is 21.3. The molecule has 1 heterocycles. The van der Waals surface area contributed by atoms with E-state index in [1.807, 2.05) is 0 Å². The first-order valence-electron chi connectivity index (χ1n) is 19.5. The molecule has 0 radical (unpaired) electrons. The zero-order chi connectivity index (χ0) is 34.9. The molecule has 1 aliphatic heterocycles. The molecule has 0 aromatic carbocycles. The van der Waals surface area contributed by atoms with Crippen LogP contribution in [0.15, 0.2) is 72.9 Å². The molecule has 1 aliphatic rings. The van der Waals surface area contributed by atoms with Gasteiger partial charge in [-0.2, -0.15) is 8.42 Å². The summed E-state index contributed by atoms with van der Waals surface area (Å²) in [7, 11) is -3.44. The van der Waals surface area contributed by atoms with Crippen molar-refractivity contribution in [2.45, 2.75) is 173 Å². The molecule has 48 heavy (non-hydrogen) atoms. The molecule has 0 amide bonds. The van der Waals surface area contributed by atoms with Gasteiger partial charge >= 0.3 is 0 Å². The summed E-state index contributed by atoms with van der Waals surface area (Å²) in [5, 5.41) is 0. The summed E-state index contributed by atoms with van der Waals surface area (Å²) in [6, 6.07) is 0. The van der Waals surface area contributed by atoms with Gasteiger partial charge in [-0.25, -0.2) is 0 Å². The highest BCUT2D eigenvalue weighted by Crippen LogP contribution is 2.35. The summed E-state index contributed by atoms with van der Waals surface area (Å²) in [4.78, 5) is 0. The largest absolute Gasteiger partial charge is 0.347 e. The van der Waals surface area contributed by atoms with Crippen molar-refractivity contribution in [1.29, 1.82) is 0 Å². The quantitative estimate of drug-likeness (QED) is 0.0400. The van der Waals surface area contributed by atoms with Crippen molar-refractivity contribution in [3.8, 4) is 0 Å². The molecule has 1 rings (SSSR count). The number of ether oxygens (including phenoxy) is 2. The number of allylic oxidation sites excluding steroid dienone is 12. The summed E-state index contributed by atoms with van der Waals surface area (Å²) < 4.78 is 40.5. The van der Waals surface area contributed by atoms with Crippen LogP contribution >= 0.6 is 0 Å². The van der Waals surface area contributed by atoms with Crippen LogP contribution in [0.5, 0.6) is 0 Å². The van der Waals surface area contributed by atoms with Crippen molar-refractivity contribution in [2.75, 3.05) is 19.5 Å². The van der Waals surface area contributed by atoms with Crippen LogP contribution in [0.1, 0.15) is 162 Å². The number of unbranched alkanes of at least 4 members (excludes halogenated alkanes) is 12. The van der Waals surface area contributed by atoms with Gasteiger partial charge < -0.3 is 9.47 Å². The van der Waals surface area contributed by atoms with Gasteiger partial charge in [0, 0.05) is 19.3 Å². The first kappa shape index (κ1) is 44.3. The van der Waals surface area contributed by atoms with Crippen molar-refractivity contribution in [2.24, 2.45) is 0 Å². The van der Waals surface area contributed by atoms with Crippen molar-refractivity contribution < 1.29 is 22.1 Å². The predicted molar refractivity (Wildman–Crippen MR) is 207 cm³/mol. The van der Waals surface area contributed by atoms with Crippen molar-refractivity contribution in [3.63, 3.8) is 0 Å². The Hall–Kier alpha value is -1.73. The Morgan fingerprint density at radius 1 is 0.583 bits per heavy atom. The van der Waals surface area contributed by atoms with Crippen LogP contribution in [0.4, 0.5) is 0 Å². The van der Waals surface area contributed by atoms with Gasteiger partial charge in [-0.15, -0.1) is 0 Å². The first-order chi connectivity index (χ1) is 23.4. The summed E-state index contributed by atoms with van der Waals surface area (Å²) >= 11 is 0. The molecule has 1 unspecified atom stereocenters. The van der Waals surface area contributed by atoms with E-state index in [1.165, 1.54) is 64.2 Å². The molecule has 0 N–H and O–H groups in total. The average molecular weight is 689 g/mol. The van der Waals surface area contributed by atoms with Gasteiger partial charge in [0.15, 0.2) is 5.79 Å². The Morgan fingerprint density at radius 2 is 0.979 bits per heavy atom. The zero-order valence-corrected chi connectivity index (χ0v) is 31.9. The molecule has 6 heteroatoms. The standard InChI is InChI=1S/C42H72O5S/c1-4-6-8-10-12-14-16-18-20-22-24-26-28-30-32-34-37-42(45-40-41(47-42)36-39-46-48(3,43)44)38-35-33-31-29-27-25-23-21-19-17-15-13-11-9-7-5-2/h12-15,18-21,24-27,41H,4-11,16-17,22-23,28-40H2,1-3H3. The second-order valence-electron chi connectivity index (χ2n) is 13.2. The molecule has 1 atom stereocenters. The lowest BCUT2D eigenvalue weighted by atomic mass is 9.99. The van der Waals surface area contributed by atoms with E-state index in [9.17, 15) is 8.42 Å². The monoisotopic (exact) mass is 689 g/mol. The fraction of sp³-hybridized carbons (Fsp3) is 0.714. The molecule has 0 aromatic rings. The van der Waals surface area contributed by atoms with Crippen molar-refractivity contribution >= 4 is 10.1 Å². The second-order valence-corrected chi connectivity index (χ2v) is 14.9. The van der Waals surface area contributed by atoms with Crippen molar-refractivity contribution in [1.82, 2.24) is 0 Å². The molecular weight excluding hydrogens is 617 g/mol. The van der Waals surface area contributed by atoms with Crippen LogP contribution in [0.2, 0.25) is 0 Å². The molecule has 0 saturated carbocycles. The number of hydrogen-bond acceptors (Lipinski definition) is 5. The van der Waals surface area contributed by atoms with E-state index in [-0.39, 0.29) is 12.7 Å². The fourth-order valence-corrected chi connectivity index (χ4v) is 6.12. The normalized spacial score (nSPS) is 19.3. The maximum Gasteiger partial charge on any atom is 0.264 e. The molecule has 1 saturated heterocycles. The third kappa shape index (κ3) is 28.1. The Morgan fingerprint density at radius 3 is 1.38 bits per heavy atom. The lowest BCUT2D eigenvalue weighted by Gasteiger charge is -2.28. The van der Waals surface area contributed by atoms with Crippen LogP contribution in [-0.2, 0) is 23.8 Å². The lowest BCUT2D eigenvalue weighted by Crippen LogP contribution is -2.31. The topological polar surface area (TPSA) is 61.8 Å². The minimum Gasteiger partial charge on any atom is -0.347 e. The molecule has 0 spiro atoms. The van der Waals surface area contributed by atoms with Crippen LogP contribution in [-0.4, -0.2) is 39.8 Å². The highest BCUT2D eigenvalue weighted by atomic mass is 32.2. The SMILES string of the molecule is CCCCCC=CCC=CCC=CCCCCCC1(CCCCCC=CCC=CCC=CCCCCC)OCC(CCOS(C)(=O)=O)O1. The molecule has 276 valence electrons. The Kier molecular flexibility index (Phi) is 28.8. The highest BCUT2D eigenvalue weighted by Gasteiger charge is 2.40. The van der Waals surface area contributed by atoms with Gasteiger partial charge in [0.1, 0.15) is 0 Å². The van der Waals surface area contributed by atoms with Gasteiger partial charge in [0.05, 0.1) is 25.6 Å². The van der Waals surface area contributed by atoms with Crippen LogP contribution in [0, 0.1) is 0 Å². The van der Waals surface area contributed by atoms with Crippen molar-refractivity contribution in [3.05, 3.63) is 72.9 Å². The lowest BCUT2D eigenvalue weighted by molar-refractivity contribution is -0.180. The molecular formula is C42H72O5S. The van der Waals surface area contributed by atoms with E-state index < -0.39 is 15.9 Å². The Labute approximate surface area is 297 Å². The maximum absolute atomic E-state index is 11.4. The van der Waals surface area contributed by atoms with E-state index in [0.29, 0.717) is 13.0 Å². The van der Waals surface area contributed by atoms with Crippen LogP contribution in [0.3, 0.4) is 0 Å². The van der Waals surface area contributed by atoms with E-state index in [0.717, 1.165) is 83.3 Å². The van der Waals surface area contributed by atoms with Gasteiger partial charge in [-0.3, -0.25) is 4.18 Å². The molecule has 5 nitrogen and oxygen atoms in total. The summed E-state index contributed by atoms with van der Waals surface area (Å²) in [6.45, 7) is 5.13. The fourth-order valence-electron chi connectivity index (χ4n) is 5.72. The van der Waals surface area contributed by atoms with Gasteiger partial charge in [0.25, 0.3) is 10.1 Å². The molecule has 0 aromatic heterocycles. The minimum atomic E-state index is -3.44. The third-order valence-electron chi connectivity index (χ3n) is 8.55. The molecule has 0 bridgehead atoms. The summed E-state index contributed by atoms with van der Waals surface area (Å²) in [6.07, 6.45) is 53.9. The van der Waals surface area contributed by atoms with Gasteiger partial charge in [-0.1, -0.05) is 125 Å². The summed E-state index contributed by atoms with van der Waals surface area (Å²) in [5.74, 6) is -0.550. The number of rotatable bonds is 32. The van der Waals surface area contributed by atoms with Gasteiger partial charge in [0.2, 0.25) is 0 Å². The Balaban J connectivity index is 2.30. The maximum atomic E-state index is 11.4. The van der Waals surface area contributed by atoms with Crippen LogP contribution in [0.25, 0.3) is 0 Å². The van der Waals surface area contributed by atoms with E-state index >= 15 is 0 Å². The predicted octanol–water partition coefficient (Wildman–Crippen LogP) is 12.4. The highest BCUT2D eigenvalue weighted by molar-refractivity contribution is 7.85. The smallest absolute Gasteiger partial charge is 0.264 e. The van der Waals surface area contributed by atoms with E-state index in [1.54, 1.807) is 0 Å². The van der Waals surface area contributed by atoms with E-state index in [2.05, 4.69) is 86.8 Å². The number of hydrogen-bond donors (Lipinski definition) is 0. The Bertz CT molecular complexity index is 967. The minimum absolute atomic E-state index is 0.119.